The Kier molecular flexibility index (Phi) is 4.88. The Hall–Kier alpha value is -2.99. The summed E-state index contributed by atoms with van der Waals surface area (Å²) in [7, 11) is 0. The molecule has 2 saturated carbocycles. The first-order valence-corrected chi connectivity index (χ1v) is 13.1. The maximum absolute atomic E-state index is 13.3. The van der Waals surface area contributed by atoms with Crippen LogP contribution in [0.2, 0.25) is 0 Å². The maximum atomic E-state index is 13.3. The third kappa shape index (κ3) is 3.79. The zero-order valence-corrected chi connectivity index (χ0v) is 20.0. The van der Waals surface area contributed by atoms with Crippen molar-refractivity contribution >= 4 is 17.6 Å². The fourth-order valence-electron chi connectivity index (χ4n) is 5.88. The minimum Gasteiger partial charge on any atom is -0.376 e. The lowest BCUT2D eigenvalue weighted by molar-refractivity contribution is -0.131. The van der Waals surface area contributed by atoms with Crippen molar-refractivity contribution in [1.29, 1.82) is 0 Å². The van der Waals surface area contributed by atoms with Gasteiger partial charge in [0.2, 0.25) is 5.91 Å². The molecule has 3 fully saturated rings. The number of amidine groups is 1. The van der Waals surface area contributed by atoms with Gasteiger partial charge in [0.1, 0.15) is 11.4 Å². The van der Waals surface area contributed by atoms with E-state index < -0.39 is 5.54 Å². The fourth-order valence-corrected chi connectivity index (χ4v) is 5.88. The third-order valence-corrected chi connectivity index (χ3v) is 8.36. The molecule has 6 nitrogen and oxygen atoms in total. The fraction of sp³-hybridized carbons (Fsp3) is 0.483. The van der Waals surface area contributed by atoms with Crippen LogP contribution in [0, 0.1) is 11.8 Å². The molecular formula is C29H31N3O3. The predicted octanol–water partition coefficient (Wildman–Crippen LogP) is 3.81. The summed E-state index contributed by atoms with van der Waals surface area (Å²) in [6.07, 6.45) is 5.71. The van der Waals surface area contributed by atoms with Gasteiger partial charge in [-0.05, 0) is 72.8 Å². The molecule has 2 aliphatic carbocycles. The number of aliphatic imine (C=N–C) groups is 1. The molecule has 0 bridgehead atoms. The minimum atomic E-state index is -0.519. The largest absolute Gasteiger partial charge is 0.376 e. The number of nitrogens with zero attached hydrogens (tertiary/aromatic N) is 3. The molecule has 35 heavy (non-hydrogen) atoms. The number of likely N-dealkylation sites (tertiary alicyclic amines) is 1. The highest BCUT2D eigenvalue weighted by molar-refractivity contribution is 6.16. The predicted molar refractivity (Wildman–Crippen MR) is 133 cm³/mol. The first kappa shape index (κ1) is 21.3. The quantitative estimate of drug-likeness (QED) is 0.669. The summed E-state index contributed by atoms with van der Waals surface area (Å²) < 4.78 is 5.63. The van der Waals surface area contributed by atoms with Gasteiger partial charge in [-0.2, -0.15) is 0 Å². The Labute approximate surface area is 206 Å². The number of fused-ring (bicyclic) bond motifs is 1. The average Bonchev–Trinajstić information content (AvgIpc) is 3.82. The van der Waals surface area contributed by atoms with Crippen LogP contribution in [-0.2, 0) is 27.4 Å². The smallest absolute Gasteiger partial charge is 0.256 e. The van der Waals surface area contributed by atoms with E-state index in [1.165, 1.54) is 16.7 Å². The number of amides is 2. The van der Waals surface area contributed by atoms with Crippen LogP contribution in [0.1, 0.15) is 48.8 Å². The molecule has 0 N–H and O–H groups in total. The van der Waals surface area contributed by atoms with E-state index >= 15 is 0 Å². The second-order valence-electron chi connectivity index (χ2n) is 11.0. The molecule has 0 unspecified atom stereocenters. The maximum Gasteiger partial charge on any atom is 0.256 e. The Bertz CT molecular complexity index is 1230. The number of rotatable bonds is 5. The number of ether oxygens (including phenoxy) is 1. The highest BCUT2D eigenvalue weighted by Gasteiger charge is 2.57. The Morgan fingerprint density at radius 3 is 2.54 bits per heavy atom. The van der Waals surface area contributed by atoms with Crippen LogP contribution in [0.15, 0.2) is 47.5 Å². The number of carbonyl (C=O) groups is 2. The highest BCUT2D eigenvalue weighted by Crippen LogP contribution is 2.46. The minimum absolute atomic E-state index is 0.151. The molecule has 2 amide bonds. The number of hydrogen-bond donors (Lipinski definition) is 0. The van der Waals surface area contributed by atoms with Gasteiger partial charge in [-0.25, -0.2) is 0 Å². The lowest BCUT2D eigenvalue weighted by atomic mass is 9.96. The van der Waals surface area contributed by atoms with Crippen LogP contribution in [0.25, 0.3) is 11.1 Å². The van der Waals surface area contributed by atoms with Gasteiger partial charge in [0.25, 0.3) is 5.91 Å². The van der Waals surface area contributed by atoms with Crippen LogP contribution in [0.3, 0.4) is 0 Å². The molecule has 180 valence electrons. The van der Waals surface area contributed by atoms with E-state index in [-0.39, 0.29) is 11.8 Å². The van der Waals surface area contributed by atoms with Gasteiger partial charge in [-0.3, -0.25) is 19.5 Å². The summed E-state index contributed by atoms with van der Waals surface area (Å²) in [4.78, 5) is 34.7. The second kappa shape index (κ2) is 8.02. The zero-order chi connectivity index (χ0) is 23.6. The molecule has 7 rings (SSSR count). The summed E-state index contributed by atoms with van der Waals surface area (Å²) in [6, 6.07) is 15.1. The van der Waals surface area contributed by atoms with Gasteiger partial charge in [-0.1, -0.05) is 36.4 Å². The summed E-state index contributed by atoms with van der Waals surface area (Å²) in [5.41, 5.74) is 5.48. The van der Waals surface area contributed by atoms with Gasteiger partial charge in [-0.15, -0.1) is 0 Å². The van der Waals surface area contributed by atoms with Crippen LogP contribution < -0.4 is 0 Å². The molecule has 2 aromatic carbocycles. The number of carbonyl (C=O) groups excluding carboxylic acids is 2. The van der Waals surface area contributed by atoms with Gasteiger partial charge in [0.05, 0.1) is 13.2 Å². The standard InChI is InChI=1S/C29H31N3O3/c33-27(23-6-7-23)31-13-9-19(16-31)17-32-26(30-29(11-12-29)28(32)34)22-4-1-20(2-5-22)24-8-3-21-10-14-35-18-25(21)15-24/h1-5,8,15,19,23H,6-7,9-14,16-18H2/t19-/m1/s1. The highest BCUT2D eigenvalue weighted by atomic mass is 16.5. The Balaban J connectivity index is 1.10. The molecule has 6 heteroatoms. The lowest BCUT2D eigenvalue weighted by Gasteiger charge is -2.23. The van der Waals surface area contributed by atoms with Crippen LogP contribution in [0.5, 0.6) is 0 Å². The van der Waals surface area contributed by atoms with E-state index in [1.807, 2.05) is 9.80 Å². The van der Waals surface area contributed by atoms with Crippen molar-refractivity contribution in [2.45, 2.75) is 50.7 Å². The van der Waals surface area contributed by atoms with Gasteiger partial charge in [0, 0.05) is 31.1 Å². The first-order chi connectivity index (χ1) is 17.1. The second-order valence-corrected chi connectivity index (χ2v) is 11.0. The molecule has 1 spiro atoms. The zero-order valence-electron chi connectivity index (χ0n) is 20.0. The van der Waals surface area contributed by atoms with Crippen molar-refractivity contribution in [2.75, 3.05) is 26.2 Å². The van der Waals surface area contributed by atoms with Crippen molar-refractivity contribution in [2.24, 2.45) is 16.8 Å². The molecule has 2 aromatic rings. The normalized spacial score (nSPS) is 24.6. The molecule has 3 aliphatic heterocycles. The van der Waals surface area contributed by atoms with Gasteiger partial charge < -0.3 is 9.64 Å². The van der Waals surface area contributed by atoms with E-state index in [0.29, 0.717) is 25.0 Å². The van der Waals surface area contributed by atoms with Crippen LogP contribution in [0.4, 0.5) is 0 Å². The summed E-state index contributed by atoms with van der Waals surface area (Å²) in [5, 5.41) is 0. The number of benzene rings is 2. The van der Waals surface area contributed by atoms with Crippen LogP contribution >= 0.6 is 0 Å². The van der Waals surface area contributed by atoms with Gasteiger partial charge >= 0.3 is 0 Å². The Morgan fingerprint density at radius 1 is 1.00 bits per heavy atom. The van der Waals surface area contributed by atoms with E-state index in [0.717, 1.165) is 75.2 Å². The van der Waals surface area contributed by atoms with Crippen molar-refractivity contribution in [3.05, 3.63) is 59.2 Å². The van der Waals surface area contributed by atoms with Crippen molar-refractivity contribution < 1.29 is 14.3 Å². The van der Waals surface area contributed by atoms with E-state index in [1.54, 1.807) is 0 Å². The van der Waals surface area contributed by atoms with Crippen molar-refractivity contribution in [1.82, 2.24) is 9.80 Å². The van der Waals surface area contributed by atoms with Crippen LogP contribution in [-0.4, -0.2) is 59.2 Å². The first-order valence-electron chi connectivity index (χ1n) is 13.1. The molecule has 1 atom stereocenters. The molecule has 3 heterocycles. The van der Waals surface area contributed by atoms with Gasteiger partial charge in [0.15, 0.2) is 0 Å². The molecule has 5 aliphatic rings. The van der Waals surface area contributed by atoms with E-state index in [9.17, 15) is 9.59 Å². The summed E-state index contributed by atoms with van der Waals surface area (Å²) in [5.74, 6) is 1.85. The average molecular weight is 470 g/mol. The lowest BCUT2D eigenvalue weighted by Crippen LogP contribution is -2.40. The monoisotopic (exact) mass is 469 g/mol. The van der Waals surface area contributed by atoms with Crippen molar-refractivity contribution in [3.63, 3.8) is 0 Å². The summed E-state index contributed by atoms with van der Waals surface area (Å²) in [6.45, 7) is 3.72. The van der Waals surface area contributed by atoms with E-state index in [4.69, 9.17) is 9.73 Å². The molecule has 0 radical (unpaired) electrons. The SMILES string of the molecule is O=C(C1CC1)N1CC[C@@H](CN2C(=O)C3(CC3)N=C2c2ccc(-c3ccc4c(c3)COCC4)cc2)C1. The topological polar surface area (TPSA) is 62.2 Å². The molecular weight excluding hydrogens is 438 g/mol. The molecule has 1 saturated heterocycles. The third-order valence-electron chi connectivity index (χ3n) is 8.36. The van der Waals surface area contributed by atoms with E-state index in [2.05, 4.69) is 42.5 Å². The summed E-state index contributed by atoms with van der Waals surface area (Å²) >= 11 is 0. The number of hydrogen-bond acceptors (Lipinski definition) is 4. The molecule has 0 aromatic heterocycles. The Morgan fingerprint density at radius 2 is 1.77 bits per heavy atom. The van der Waals surface area contributed by atoms with Crippen molar-refractivity contribution in [3.8, 4) is 11.1 Å².